The number of furan rings is 4. The molecule has 3 aliphatic carbocycles. The zero-order valence-corrected chi connectivity index (χ0v) is 87.5. The van der Waals surface area contributed by atoms with Gasteiger partial charge in [0.2, 0.25) is 22.8 Å². The normalized spacial score (nSPS) is 13.7. The van der Waals surface area contributed by atoms with E-state index >= 15 is 0 Å². The lowest BCUT2D eigenvalue weighted by molar-refractivity contribution is -0.667. The second kappa shape index (κ2) is 39.5. The maximum atomic E-state index is 7.83. The molecule has 8 heterocycles. The Balaban J connectivity index is 0.000000117. The van der Waals surface area contributed by atoms with E-state index in [2.05, 4.69) is 277 Å². The standard InChI is InChI=1S/2C34H33N2O.C33H31N2O.C30H29N2OSi/c1-21-16-17-26-27-18-19-29(35-4)32(25-14-10-7-11-15-25)34(27)37-33(26)31(21)30-20-28(22(2)23(3)36(30)5)24-12-8-6-9-13-24;1-21-16-17-26-27-18-19-28(35-4)32(25-14-10-7-11-15-25)34(27)37-33(26)31(21)29-20-22(2)30(23(3)36(29)5)24-12-8-6-9-13-24;1-20-15-16-25-26-17-18-27(34-4)31(24-11-7-6-8-12-24)33(26)36-32(25)30(20)28-19-21(2)29(22(3)35(28)5)23-13-9-10-14-23;1-19-13-14-23-24-15-16-25(31-3)28(21-11-9-8-10-12-21)30(24)33-29(23)27(19)26-18-22(34(5,6)7)17-20(2)32(26)4/h2*7,10-11,14-20,24H,6,8-9,12-13H2,1-3,5H3;6-8,11-12,15-19,23H,9-10,13-14H2,1-3,5H3;8-18H,1-2,4-7H3/q4*+1. The highest BCUT2D eigenvalue weighted by atomic mass is 28.3. The zero-order valence-electron chi connectivity index (χ0n) is 86.5. The number of aryl methyl sites for hydroxylation is 7. The summed E-state index contributed by atoms with van der Waals surface area (Å²) in [6, 6.07) is 85.7. The molecule has 3 fully saturated rings. The van der Waals surface area contributed by atoms with E-state index in [0.717, 1.165) is 155 Å². The third-order valence-electron chi connectivity index (χ3n) is 32.2. The molecule has 144 heavy (non-hydrogen) atoms. The largest absolute Gasteiger partial charge is 0.456 e. The van der Waals surface area contributed by atoms with Gasteiger partial charge in [0.05, 0.1) is 56.6 Å². The Morgan fingerprint density at radius 2 is 0.507 bits per heavy atom. The van der Waals surface area contributed by atoms with Gasteiger partial charge in [-0.25, -0.2) is 19.4 Å². The molecule has 0 unspecified atom stereocenters. The van der Waals surface area contributed by atoms with Crippen molar-refractivity contribution in [3.8, 4) is 89.5 Å². The lowest BCUT2D eigenvalue weighted by Crippen LogP contribution is -2.44. The van der Waals surface area contributed by atoms with E-state index < -0.39 is 8.07 Å². The Morgan fingerprint density at radius 3 is 0.792 bits per heavy atom. The minimum Gasteiger partial charge on any atom is -0.456 e. The average Bonchev–Trinajstić information content (AvgIpc) is 1.70. The molecule has 3 aliphatic rings. The van der Waals surface area contributed by atoms with Crippen molar-refractivity contribution in [1.29, 1.82) is 0 Å². The van der Waals surface area contributed by atoms with E-state index in [9.17, 15) is 0 Å². The van der Waals surface area contributed by atoms with Crippen LogP contribution in [-0.4, -0.2) is 8.07 Å². The van der Waals surface area contributed by atoms with Crippen LogP contribution in [0.1, 0.15) is 186 Å². The van der Waals surface area contributed by atoms with Crippen molar-refractivity contribution in [2.24, 2.45) is 28.2 Å². The van der Waals surface area contributed by atoms with Gasteiger partial charge in [-0.3, -0.25) is 0 Å². The second-order valence-corrected chi connectivity index (χ2v) is 46.8. The summed E-state index contributed by atoms with van der Waals surface area (Å²) in [5.74, 6) is 1.97. The molecular weight excluding hydrogens is 1780 g/mol. The predicted octanol–water partition coefficient (Wildman–Crippen LogP) is 34.9. The number of aromatic nitrogens is 4. The highest BCUT2D eigenvalue weighted by molar-refractivity contribution is 6.88. The van der Waals surface area contributed by atoms with Crippen molar-refractivity contribution < 1.29 is 35.9 Å². The molecule has 0 atom stereocenters. The number of pyridine rings is 4. The van der Waals surface area contributed by atoms with Crippen molar-refractivity contribution >= 4 is 124 Å². The maximum Gasteiger partial charge on any atom is 0.216 e. The predicted molar refractivity (Wildman–Crippen MR) is 596 cm³/mol. The third-order valence-corrected chi connectivity index (χ3v) is 34.2. The fourth-order valence-electron chi connectivity index (χ4n) is 24.1. The van der Waals surface area contributed by atoms with E-state index in [0.29, 0.717) is 40.5 Å². The first-order valence-corrected chi connectivity index (χ1v) is 54.9. The van der Waals surface area contributed by atoms with Gasteiger partial charge in [0.1, 0.15) is 72.9 Å². The molecule has 23 rings (SSSR count). The summed E-state index contributed by atoms with van der Waals surface area (Å²) in [6.45, 7) is 62.9. The summed E-state index contributed by atoms with van der Waals surface area (Å²) in [4.78, 5) is 15.3. The summed E-state index contributed by atoms with van der Waals surface area (Å²) in [7, 11) is 7.18. The van der Waals surface area contributed by atoms with Gasteiger partial charge < -0.3 is 17.7 Å². The monoisotopic (exact) mass is 1900 g/mol. The van der Waals surface area contributed by atoms with Crippen LogP contribution in [0.4, 0.5) is 22.7 Å². The quantitative estimate of drug-likeness (QED) is 0.0693. The van der Waals surface area contributed by atoms with Gasteiger partial charge in [-0.15, -0.1) is 0 Å². The third kappa shape index (κ3) is 17.1. The smallest absolute Gasteiger partial charge is 0.216 e. The summed E-state index contributed by atoms with van der Waals surface area (Å²) in [5, 5.41) is 10.0. The Hall–Kier alpha value is -15.4. The Labute approximate surface area is 847 Å². The molecule has 12 aromatic carbocycles. The van der Waals surface area contributed by atoms with Crippen LogP contribution in [-0.2, 0) is 28.2 Å². The first-order chi connectivity index (χ1) is 69.7. The molecule has 8 aromatic heterocycles. The van der Waals surface area contributed by atoms with E-state index in [1.165, 1.54) is 196 Å². The molecule has 0 radical (unpaired) electrons. The number of fused-ring (bicyclic) bond motifs is 12. The molecule has 3 saturated carbocycles. The molecule has 714 valence electrons. The van der Waals surface area contributed by atoms with E-state index in [1.54, 1.807) is 0 Å². The number of hydrogen-bond acceptors (Lipinski definition) is 4. The molecule has 0 spiro atoms. The minimum absolute atomic E-state index is 0.609. The lowest BCUT2D eigenvalue weighted by atomic mass is 9.81. The molecule has 12 nitrogen and oxygen atoms in total. The molecular formula is C131H126N8O4Si+4. The number of hydrogen-bond donors (Lipinski definition) is 0. The fourth-order valence-corrected chi connectivity index (χ4v) is 25.3. The number of nitrogens with zero attached hydrogens (tertiary/aromatic N) is 8. The van der Waals surface area contributed by atoms with Gasteiger partial charge in [0, 0.05) is 140 Å². The molecule has 0 amide bonds. The van der Waals surface area contributed by atoms with Crippen LogP contribution in [0.15, 0.2) is 266 Å². The molecule has 20 aromatic rings. The molecule has 0 N–H and O–H groups in total. The summed E-state index contributed by atoms with van der Waals surface area (Å²) < 4.78 is 36.4. The fraction of sp³-hybridized carbons (Fsp3) is 0.267. The van der Waals surface area contributed by atoms with E-state index in [4.69, 9.17) is 44.0 Å². The zero-order chi connectivity index (χ0) is 101. The van der Waals surface area contributed by atoms with Gasteiger partial charge in [0.25, 0.3) is 0 Å². The van der Waals surface area contributed by atoms with Crippen molar-refractivity contribution in [1.82, 2.24) is 0 Å². The maximum absolute atomic E-state index is 7.83. The van der Waals surface area contributed by atoms with Crippen LogP contribution in [0.25, 0.3) is 197 Å². The topological polar surface area (TPSA) is 85.5 Å². The van der Waals surface area contributed by atoms with Crippen molar-refractivity contribution in [3.63, 3.8) is 0 Å². The Morgan fingerprint density at radius 1 is 0.257 bits per heavy atom. The molecule has 0 saturated heterocycles. The summed E-state index contributed by atoms with van der Waals surface area (Å²) in [5.41, 5.74) is 44.7. The van der Waals surface area contributed by atoms with Crippen molar-refractivity contribution in [3.05, 3.63) is 373 Å². The minimum atomic E-state index is -1.51. The van der Waals surface area contributed by atoms with Crippen LogP contribution >= 0.6 is 0 Å². The highest BCUT2D eigenvalue weighted by Crippen LogP contribution is 2.52. The van der Waals surface area contributed by atoms with Gasteiger partial charge in [0.15, 0.2) is 45.5 Å². The van der Waals surface area contributed by atoms with Crippen LogP contribution in [0.5, 0.6) is 0 Å². The van der Waals surface area contributed by atoms with Crippen LogP contribution in [0, 0.1) is 102 Å². The first-order valence-electron chi connectivity index (χ1n) is 51.4. The average molecular weight is 1900 g/mol. The van der Waals surface area contributed by atoms with Crippen LogP contribution in [0.3, 0.4) is 0 Å². The van der Waals surface area contributed by atoms with E-state index in [-0.39, 0.29) is 0 Å². The lowest BCUT2D eigenvalue weighted by Gasteiger charge is -2.24. The highest BCUT2D eigenvalue weighted by Gasteiger charge is 2.36. The Kier molecular flexibility index (Phi) is 26.4. The van der Waals surface area contributed by atoms with Crippen molar-refractivity contribution in [2.75, 3.05) is 0 Å². The molecule has 0 bridgehead atoms. The molecule has 0 aliphatic heterocycles. The van der Waals surface area contributed by atoms with Crippen LogP contribution in [0.2, 0.25) is 19.6 Å². The van der Waals surface area contributed by atoms with Gasteiger partial charge >= 0.3 is 0 Å². The second-order valence-electron chi connectivity index (χ2n) is 41.7. The summed E-state index contributed by atoms with van der Waals surface area (Å²) in [6.07, 6.45) is 18.5. The SMILES string of the molecule is [C-]#[N+]c1ccc2c(oc3c(-c4cc(C)c(C5CCCC5)c(C)[n+]4C)c(C)ccc32)c1-c1ccccc1.[C-]#[N+]c1ccc2c(oc3c(-c4cc(C)c(C5CCCCC5)c(C)[n+]4C)c(C)ccc32)c1-c1ccccc1.[C-]#[N+]c1ccc2c(oc3c(-c4cc(C5CCCCC5)c(C)c(C)[n+]4C)c(C)ccc32)c1-c1ccccc1.[C-]#[N+]c1ccc2c(oc3c(-c4cc([Si](C)(C)C)cc(C)[n+]4C)c(C)ccc32)c1-c1ccccc1. The first kappa shape index (κ1) is 96.1. The van der Waals surface area contributed by atoms with Crippen molar-refractivity contribution in [2.45, 2.75) is 203 Å². The number of benzene rings is 12. The Bertz CT molecular complexity index is 8720. The van der Waals surface area contributed by atoms with Crippen LogP contribution < -0.4 is 23.5 Å². The van der Waals surface area contributed by atoms with E-state index in [1.807, 2.05) is 133 Å². The van der Waals surface area contributed by atoms with Gasteiger partial charge in [-0.2, -0.15) is 18.3 Å². The molecule has 13 heteroatoms. The van der Waals surface area contributed by atoms with Gasteiger partial charge in [-0.05, 0) is 171 Å². The summed E-state index contributed by atoms with van der Waals surface area (Å²) >= 11 is 0. The van der Waals surface area contributed by atoms with Gasteiger partial charge in [-0.1, -0.05) is 289 Å². The number of rotatable bonds is 12.